The van der Waals surface area contributed by atoms with Gasteiger partial charge in [0.05, 0.1) is 10.9 Å². The summed E-state index contributed by atoms with van der Waals surface area (Å²) >= 11 is 7.62. The van der Waals surface area contributed by atoms with Crippen molar-refractivity contribution in [2.24, 2.45) is 0 Å². The van der Waals surface area contributed by atoms with Gasteiger partial charge < -0.3 is 10.2 Å². The predicted octanol–water partition coefficient (Wildman–Crippen LogP) is 3.92. The van der Waals surface area contributed by atoms with Crippen LogP contribution in [0.3, 0.4) is 0 Å². The second kappa shape index (κ2) is 8.10. The van der Waals surface area contributed by atoms with Crippen LogP contribution in [0.4, 0.5) is 5.95 Å². The Morgan fingerprint density at radius 2 is 1.96 bits per heavy atom. The number of hydrogen-bond acceptors (Lipinski definition) is 5. The van der Waals surface area contributed by atoms with E-state index >= 15 is 0 Å². The van der Waals surface area contributed by atoms with Gasteiger partial charge >= 0.3 is 0 Å². The summed E-state index contributed by atoms with van der Waals surface area (Å²) in [4.78, 5) is 14.7. The fourth-order valence-corrected chi connectivity index (χ4v) is 4.03. The summed E-state index contributed by atoms with van der Waals surface area (Å²) in [6, 6.07) is 7.64. The third-order valence-electron chi connectivity index (χ3n) is 4.22. The molecular formula is C19H26ClN5OS. The minimum absolute atomic E-state index is 0.0177. The molecule has 1 aliphatic rings. The Bertz CT molecular complexity index is 811. The van der Waals surface area contributed by atoms with Gasteiger partial charge in [0.2, 0.25) is 11.9 Å². The molecule has 8 heteroatoms. The number of benzene rings is 1. The van der Waals surface area contributed by atoms with Crippen LogP contribution in [0.1, 0.15) is 40.5 Å². The molecule has 0 spiro atoms. The topological polar surface area (TPSA) is 63.1 Å². The van der Waals surface area contributed by atoms with E-state index in [2.05, 4.69) is 20.4 Å². The van der Waals surface area contributed by atoms with Gasteiger partial charge in [-0.2, -0.15) is 0 Å². The van der Waals surface area contributed by atoms with Crippen LogP contribution in [0.15, 0.2) is 29.4 Å². The van der Waals surface area contributed by atoms with Crippen LogP contribution in [0.25, 0.3) is 5.69 Å². The second-order valence-electron chi connectivity index (χ2n) is 7.79. The van der Waals surface area contributed by atoms with Gasteiger partial charge in [-0.15, -0.1) is 10.2 Å². The number of nitrogens with zero attached hydrogens (tertiary/aromatic N) is 4. The number of carbonyl (C=O) groups is 1. The highest BCUT2D eigenvalue weighted by molar-refractivity contribution is 8.00. The molecule has 1 aliphatic heterocycles. The standard InChI is InChI=1S/C19H26ClN5OS/c1-13(16(26)21-19(2,3)4)27-18-23-22-17(24-10-5-6-11-24)25(18)15-9-7-8-14(20)12-15/h7-9,12-13H,5-6,10-11H2,1-4H3,(H,21,26)/t13-/m1/s1. The van der Waals surface area contributed by atoms with Gasteiger partial charge in [0.15, 0.2) is 5.16 Å². The van der Waals surface area contributed by atoms with Crippen LogP contribution in [-0.4, -0.2) is 44.6 Å². The number of halogens is 1. The Hall–Kier alpha value is -1.73. The van der Waals surface area contributed by atoms with E-state index in [0.29, 0.717) is 10.2 Å². The van der Waals surface area contributed by atoms with E-state index in [4.69, 9.17) is 11.6 Å². The average molecular weight is 408 g/mol. The molecule has 0 radical (unpaired) electrons. The van der Waals surface area contributed by atoms with Gasteiger partial charge in [0, 0.05) is 23.7 Å². The van der Waals surface area contributed by atoms with Crippen molar-refractivity contribution in [1.82, 2.24) is 20.1 Å². The summed E-state index contributed by atoms with van der Waals surface area (Å²) in [5.41, 5.74) is 0.632. The van der Waals surface area contributed by atoms with Crippen LogP contribution in [0.2, 0.25) is 5.02 Å². The number of carbonyl (C=O) groups excluding carboxylic acids is 1. The van der Waals surface area contributed by atoms with Crippen LogP contribution >= 0.6 is 23.4 Å². The fraction of sp³-hybridized carbons (Fsp3) is 0.526. The monoisotopic (exact) mass is 407 g/mol. The van der Waals surface area contributed by atoms with Crippen molar-refractivity contribution in [3.05, 3.63) is 29.3 Å². The molecule has 1 fully saturated rings. The summed E-state index contributed by atoms with van der Waals surface area (Å²) < 4.78 is 2.00. The van der Waals surface area contributed by atoms with Crippen molar-refractivity contribution in [3.8, 4) is 5.69 Å². The normalized spacial score (nSPS) is 15.8. The molecule has 2 heterocycles. The van der Waals surface area contributed by atoms with E-state index in [1.165, 1.54) is 11.8 Å². The first-order valence-electron chi connectivity index (χ1n) is 9.19. The van der Waals surface area contributed by atoms with Gasteiger partial charge in [0.25, 0.3) is 0 Å². The van der Waals surface area contributed by atoms with E-state index in [1.54, 1.807) is 0 Å². The van der Waals surface area contributed by atoms with Crippen molar-refractivity contribution in [1.29, 1.82) is 0 Å². The lowest BCUT2D eigenvalue weighted by molar-refractivity contribution is -0.121. The molecule has 1 aromatic heterocycles. The van der Waals surface area contributed by atoms with Crippen molar-refractivity contribution in [2.75, 3.05) is 18.0 Å². The summed E-state index contributed by atoms with van der Waals surface area (Å²) in [5, 5.41) is 12.9. The zero-order chi connectivity index (χ0) is 19.6. The van der Waals surface area contributed by atoms with E-state index in [0.717, 1.165) is 37.6 Å². The van der Waals surface area contributed by atoms with Crippen LogP contribution in [-0.2, 0) is 4.79 Å². The van der Waals surface area contributed by atoms with Gasteiger partial charge in [-0.1, -0.05) is 29.4 Å². The van der Waals surface area contributed by atoms with E-state index < -0.39 is 0 Å². The van der Waals surface area contributed by atoms with Crippen molar-refractivity contribution >= 4 is 35.2 Å². The molecule has 0 aliphatic carbocycles. The highest BCUT2D eigenvalue weighted by Gasteiger charge is 2.26. The van der Waals surface area contributed by atoms with Gasteiger partial charge in [-0.05, 0) is 58.7 Å². The average Bonchev–Trinajstić information content (AvgIpc) is 3.22. The molecule has 1 saturated heterocycles. The highest BCUT2D eigenvalue weighted by Crippen LogP contribution is 2.31. The predicted molar refractivity (Wildman–Crippen MR) is 111 cm³/mol. The number of rotatable bonds is 5. The molecule has 1 amide bonds. The maximum absolute atomic E-state index is 12.5. The van der Waals surface area contributed by atoms with E-state index in [1.807, 2.05) is 56.5 Å². The molecule has 1 atom stereocenters. The zero-order valence-electron chi connectivity index (χ0n) is 16.2. The second-order valence-corrected chi connectivity index (χ2v) is 9.54. The van der Waals surface area contributed by atoms with Crippen LogP contribution in [0, 0.1) is 0 Å². The third-order valence-corrected chi connectivity index (χ3v) is 5.50. The maximum atomic E-state index is 12.5. The first-order valence-corrected chi connectivity index (χ1v) is 10.5. The quantitative estimate of drug-likeness (QED) is 0.761. The number of aromatic nitrogens is 3. The van der Waals surface area contributed by atoms with E-state index in [9.17, 15) is 4.79 Å². The minimum atomic E-state index is -0.294. The molecule has 0 unspecified atom stereocenters. The lowest BCUT2D eigenvalue weighted by Crippen LogP contribution is -2.44. The smallest absolute Gasteiger partial charge is 0.233 e. The van der Waals surface area contributed by atoms with Crippen molar-refractivity contribution < 1.29 is 4.79 Å². The SMILES string of the molecule is C[C@@H](Sc1nnc(N2CCCC2)n1-c1cccc(Cl)c1)C(=O)NC(C)(C)C. The van der Waals surface area contributed by atoms with Crippen LogP contribution < -0.4 is 10.2 Å². The Kier molecular flexibility index (Phi) is 6.01. The molecule has 2 aromatic rings. The Morgan fingerprint density at radius 3 is 2.59 bits per heavy atom. The van der Waals surface area contributed by atoms with Gasteiger partial charge in [0.1, 0.15) is 0 Å². The highest BCUT2D eigenvalue weighted by atomic mass is 35.5. The largest absolute Gasteiger partial charge is 0.351 e. The Labute approximate surface area is 169 Å². The van der Waals surface area contributed by atoms with E-state index in [-0.39, 0.29) is 16.7 Å². The molecule has 1 aromatic carbocycles. The third kappa shape index (κ3) is 4.96. The molecular weight excluding hydrogens is 382 g/mol. The molecule has 0 bridgehead atoms. The van der Waals surface area contributed by atoms with Gasteiger partial charge in [-0.25, -0.2) is 0 Å². The molecule has 1 N–H and O–H groups in total. The number of nitrogens with one attached hydrogen (secondary N) is 1. The molecule has 6 nitrogen and oxygen atoms in total. The first-order chi connectivity index (χ1) is 12.7. The summed E-state index contributed by atoms with van der Waals surface area (Å²) in [7, 11) is 0. The lowest BCUT2D eigenvalue weighted by atomic mass is 10.1. The Morgan fingerprint density at radius 1 is 1.26 bits per heavy atom. The minimum Gasteiger partial charge on any atom is -0.351 e. The molecule has 0 saturated carbocycles. The molecule has 27 heavy (non-hydrogen) atoms. The van der Waals surface area contributed by atoms with Crippen LogP contribution in [0.5, 0.6) is 0 Å². The molecule has 3 rings (SSSR count). The van der Waals surface area contributed by atoms with Crippen molar-refractivity contribution in [3.63, 3.8) is 0 Å². The number of thioether (sulfide) groups is 1. The Balaban J connectivity index is 1.92. The number of anilines is 1. The lowest BCUT2D eigenvalue weighted by Gasteiger charge is -2.23. The molecule has 146 valence electrons. The summed E-state index contributed by atoms with van der Waals surface area (Å²) in [5.74, 6) is 0.788. The first kappa shape index (κ1) is 20.0. The summed E-state index contributed by atoms with van der Waals surface area (Å²) in [6.45, 7) is 9.73. The number of hydrogen-bond donors (Lipinski definition) is 1. The summed E-state index contributed by atoms with van der Waals surface area (Å²) in [6.07, 6.45) is 2.30. The van der Waals surface area contributed by atoms with Crippen molar-refractivity contribution in [2.45, 2.75) is 56.5 Å². The van der Waals surface area contributed by atoms with Gasteiger partial charge in [-0.3, -0.25) is 9.36 Å². The number of amides is 1. The zero-order valence-corrected chi connectivity index (χ0v) is 17.8. The fourth-order valence-electron chi connectivity index (χ4n) is 2.98. The maximum Gasteiger partial charge on any atom is 0.233 e.